The van der Waals surface area contributed by atoms with Crippen LogP contribution in [0, 0.1) is 18.7 Å². The van der Waals surface area contributed by atoms with Crippen LogP contribution in [0.1, 0.15) is 49.5 Å². The van der Waals surface area contributed by atoms with E-state index in [9.17, 15) is 9.18 Å². The fourth-order valence-electron chi connectivity index (χ4n) is 3.73. The lowest BCUT2D eigenvalue weighted by Gasteiger charge is -2.25. The maximum absolute atomic E-state index is 14.3. The van der Waals surface area contributed by atoms with E-state index < -0.39 is 11.9 Å². The first-order valence-electron chi connectivity index (χ1n) is 9.67. The van der Waals surface area contributed by atoms with Gasteiger partial charge in [-0.05, 0) is 49.8 Å². The molecular weight excluding hydrogens is 347 g/mol. The van der Waals surface area contributed by atoms with E-state index in [0.717, 1.165) is 50.8 Å². The molecule has 1 aliphatic heterocycles. The smallest absolute Gasteiger partial charge is 0.240 e. The van der Waals surface area contributed by atoms with Gasteiger partial charge in [-0.1, -0.05) is 24.1 Å². The summed E-state index contributed by atoms with van der Waals surface area (Å²) in [6.45, 7) is 3.34. The monoisotopic (exact) mass is 372 g/mol. The number of aromatic nitrogens is 2. The number of halogens is 1. The van der Waals surface area contributed by atoms with E-state index in [2.05, 4.69) is 10.1 Å². The van der Waals surface area contributed by atoms with Crippen molar-refractivity contribution in [3.05, 3.63) is 35.5 Å². The lowest BCUT2D eigenvalue weighted by molar-refractivity contribution is -0.132. The standard InChI is InChI=1S/C20H25FN4O2/c1-12-4-7-14(16(21)10-12)18-23-19(27-24-18)15(11-13-5-6-13)17(22)20(26)25-8-2-3-9-25/h4,7,10,13,15,17H,2-3,5-6,8-9,11,22H2,1H3/t15-,17-/m0/s1. The molecule has 2 heterocycles. The topological polar surface area (TPSA) is 85.2 Å². The number of carbonyl (C=O) groups excluding carboxylic acids is 1. The van der Waals surface area contributed by atoms with Crippen LogP contribution in [0.4, 0.5) is 4.39 Å². The average molecular weight is 372 g/mol. The third-order valence-corrected chi connectivity index (χ3v) is 5.54. The van der Waals surface area contributed by atoms with Gasteiger partial charge in [0.2, 0.25) is 17.6 Å². The fourth-order valence-corrected chi connectivity index (χ4v) is 3.73. The van der Waals surface area contributed by atoms with Crippen LogP contribution in [0.3, 0.4) is 0 Å². The maximum atomic E-state index is 14.3. The lowest BCUT2D eigenvalue weighted by atomic mass is 9.93. The summed E-state index contributed by atoms with van der Waals surface area (Å²) in [5.41, 5.74) is 7.47. The van der Waals surface area contributed by atoms with E-state index in [1.807, 2.05) is 11.8 Å². The lowest BCUT2D eigenvalue weighted by Crippen LogP contribution is -2.46. The summed E-state index contributed by atoms with van der Waals surface area (Å²) in [5.74, 6) is 0.290. The molecule has 1 saturated heterocycles. The van der Waals surface area contributed by atoms with Gasteiger partial charge in [-0.2, -0.15) is 4.98 Å². The van der Waals surface area contributed by atoms with Crippen molar-refractivity contribution in [3.8, 4) is 11.4 Å². The number of likely N-dealkylation sites (tertiary alicyclic amines) is 1. The molecule has 1 aromatic heterocycles. The van der Waals surface area contributed by atoms with Crippen molar-refractivity contribution in [2.75, 3.05) is 13.1 Å². The van der Waals surface area contributed by atoms with Crippen LogP contribution in [0.5, 0.6) is 0 Å². The molecule has 7 heteroatoms. The Balaban J connectivity index is 1.59. The van der Waals surface area contributed by atoms with E-state index in [1.54, 1.807) is 12.1 Å². The molecule has 144 valence electrons. The number of aryl methyl sites for hydroxylation is 1. The van der Waals surface area contributed by atoms with Crippen molar-refractivity contribution in [1.82, 2.24) is 15.0 Å². The predicted octanol–water partition coefficient (Wildman–Crippen LogP) is 3.02. The second kappa shape index (κ2) is 7.38. The number of hydrogen-bond acceptors (Lipinski definition) is 5. The molecule has 6 nitrogen and oxygen atoms in total. The number of amides is 1. The first-order chi connectivity index (χ1) is 13.0. The minimum atomic E-state index is -0.708. The van der Waals surface area contributed by atoms with Gasteiger partial charge in [-0.15, -0.1) is 0 Å². The first kappa shape index (κ1) is 18.1. The number of carbonyl (C=O) groups is 1. The quantitative estimate of drug-likeness (QED) is 0.842. The Morgan fingerprint density at radius 2 is 2.11 bits per heavy atom. The van der Waals surface area contributed by atoms with Crippen molar-refractivity contribution in [2.45, 2.75) is 51.0 Å². The number of nitrogens with two attached hydrogens (primary N) is 1. The molecule has 27 heavy (non-hydrogen) atoms. The maximum Gasteiger partial charge on any atom is 0.240 e. The third kappa shape index (κ3) is 3.88. The highest BCUT2D eigenvalue weighted by atomic mass is 19.1. The number of benzene rings is 1. The van der Waals surface area contributed by atoms with Crippen molar-refractivity contribution in [3.63, 3.8) is 0 Å². The van der Waals surface area contributed by atoms with Crippen LogP contribution in [0.15, 0.2) is 22.7 Å². The summed E-state index contributed by atoms with van der Waals surface area (Å²) in [6.07, 6.45) is 5.05. The molecule has 2 aliphatic rings. The van der Waals surface area contributed by atoms with Crippen molar-refractivity contribution >= 4 is 5.91 Å². The summed E-state index contributed by atoms with van der Waals surface area (Å²) < 4.78 is 19.7. The molecule has 0 radical (unpaired) electrons. The van der Waals surface area contributed by atoms with E-state index in [-0.39, 0.29) is 17.6 Å². The molecule has 1 saturated carbocycles. The minimum Gasteiger partial charge on any atom is -0.341 e. The average Bonchev–Trinajstić information content (AvgIpc) is 3.11. The number of nitrogens with zero attached hydrogens (tertiary/aromatic N) is 3. The third-order valence-electron chi connectivity index (χ3n) is 5.54. The van der Waals surface area contributed by atoms with Crippen molar-refractivity contribution in [1.29, 1.82) is 0 Å². The van der Waals surface area contributed by atoms with Gasteiger partial charge in [-0.3, -0.25) is 4.79 Å². The number of rotatable bonds is 6. The summed E-state index contributed by atoms with van der Waals surface area (Å²) in [5, 5.41) is 3.96. The second-order valence-corrected chi connectivity index (χ2v) is 7.78. The van der Waals surface area contributed by atoms with Gasteiger partial charge in [0.05, 0.1) is 17.5 Å². The summed E-state index contributed by atoms with van der Waals surface area (Å²) in [6, 6.07) is 4.18. The molecule has 4 rings (SSSR count). The predicted molar refractivity (Wildman–Crippen MR) is 98.3 cm³/mol. The molecule has 0 unspecified atom stereocenters. The van der Waals surface area contributed by atoms with Gasteiger partial charge in [-0.25, -0.2) is 4.39 Å². The summed E-state index contributed by atoms with van der Waals surface area (Å²) in [7, 11) is 0. The Bertz CT molecular complexity index is 827. The van der Waals surface area contributed by atoms with E-state index in [4.69, 9.17) is 10.3 Å². The molecule has 2 N–H and O–H groups in total. The largest absolute Gasteiger partial charge is 0.341 e. The minimum absolute atomic E-state index is 0.0561. The van der Waals surface area contributed by atoms with Crippen LogP contribution < -0.4 is 5.73 Å². The first-order valence-corrected chi connectivity index (χ1v) is 9.67. The molecule has 1 aromatic carbocycles. The highest BCUT2D eigenvalue weighted by Crippen LogP contribution is 2.40. The van der Waals surface area contributed by atoms with Crippen LogP contribution in [-0.2, 0) is 4.79 Å². The Morgan fingerprint density at radius 1 is 1.37 bits per heavy atom. The molecule has 2 fully saturated rings. The van der Waals surface area contributed by atoms with E-state index >= 15 is 0 Å². The van der Waals surface area contributed by atoms with Crippen molar-refractivity contribution < 1.29 is 13.7 Å². The molecule has 0 spiro atoms. The zero-order valence-electron chi connectivity index (χ0n) is 15.5. The Labute approximate surface area is 157 Å². The summed E-state index contributed by atoms with van der Waals surface area (Å²) in [4.78, 5) is 19.0. The molecule has 2 atom stereocenters. The second-order valence-electron chi connectivity index (χ2n) is 7.78. The van der Waals surface area contributed by atoms with Crippen molar-refractivity contribution in [2.24, 2.45) is 11.7 Å². The van der Waals surface area contributed by atoms with Gasteiger partial charge < -0.3 is 15.2 Å². The molecule has 1 amide bonds. The molecule has 1 aliphatic carbocycles. The van der Waals surface area contributed by atoms with Gasteiger partial charge in [0.25, 0.3) is 0 Å². The van der Waals surface area contributed by atoms with Crippen LogP contribution >= 0.6 is 0 Å². The summed E-state index contributed by atoms with van der Waals surface area (Å²) >= 11 is 0. The highest BCUT2D eigenvalue weighted by molar-refractivity contribution is 5.82. The molecule has 2 aromatic rings. The van der Waals surface area contributed by atoms with Gasteiger partial charge in [0.15, 0.2) is 0 Å². The Morgan fingerprint density at radius 3 is 2.78 bits per heavy atom. The zero-order valence-corrected chi connectivity index (χ0v) is 15.5. The van der Waals surface area contributed by atoms with Gasteiger partial charge in [0, 0.05) is 13.1 Å². The van der Waals surface area contributed by atoms with Gasteiger partial charge in [0.1, 0.15) is 5.82 Å². The van der Waals surface area contributed by atoms with Crippen LogP contribution in [-0.4, -0.2) is 40.1 Å². The van der Waals surface area contributed by atoms with Crippen LogP contribution in [0.25, 0.3) is 11.4 Å². The fraction of sp³-hybridized carbons (Fsp3) is 0.550. The van der Waals surface area contributed by atoms with Crippen LogP contribution in [0.2, 0.25) is 0 Å². The normalized spacial score (nSPS) is 19.3. The highest BCUT2D eigenvalue weighted by Gasteiger charge is 2.38. The zero-order chi connectivity index (χ0) is 19.0. The Hall–Kier alpha value is -2.28. The van der Waals surface area contributed by atoms with E-state index in [0.29, 0.717) is 17.4 Å². The van der Waals surface area contributed by atoms with Gasteiger partial charge >= 0.3 is 0 Å². The molecule has 0 bridgehead atoms. The van der Waals surface area contributed by atoms with E-state index in [1.165, 1.54) is 6.07 Å². The SMILES string of the molecule is Cc1ccc(-c2noc([C@@H](CC3CC3)[C@H](N)C(=O)N3CCCC3)n2)c(F)c1. The Kier molecular flexibility index (Phi) is 4.95. The molecular formula is C20H25FN4O2. The number of hydrogen-bond donors (Lipinski definition) is 1.